The lowest BCUT2D eigenvalue weighted by Crippen LogP contribution is -2.27. The molecule has 0 saturated carbocycles. The summed E-state index contributed by atoms with van der Waals surface area (Å²) in [5, 5.41) is 0. The number of hydrogen-bond acceptors (Lipinski definition) is 1. The summed E-state index contributed by atoms with van der Waals surface area (Å²) in [5.41, 5.74) is 0. The van der Waals surface area contributed by atoms with Gasteiger partial charge in [0.15, 0.2) is 0 Å². The minimum absolute atomic E-state index is 0.245. The largest absolute Gasteiger partial charge is 0.299 e. The van der Waals surface area contributed by atoms with Gasteiger partial charge in [-0.2, -0.15) is 0 Å². The topological polar surface area (TPSA) is 17.1 Å². The summed E-state index contributed by atoms with van der Waals surface area (Å²) in [6.45, 7) is 0. The van der Waals surface area contributed by atoms with E-state index in [9.17, 15) is 4.79 Å². The zero-order valence-corrected chi connectivity index (χ0v) is 5.08. The summed E-state index contributed by atoms with van der Waals surface area (Å²) in [6, 6.07) is 0. The summed E-state index contributed by atoms with van der Waals surface area (Å²) in [7, 11) is 0. The highest BCUT2D eigenvalue weighted by Crippen LogP contribution is 2.31. The highest BCUT2D eigenvalue weighted by Gasteiger charge is 2.29. The van der Waals surface area contributed by atoms with Crippen molar-refractivity contribution in [3.05, 3.63) is 24.3 Å². The van der Waals surface area contributed by atoms with Crippen LogP contribution < -0.4 is 0 Å². The van der Waals surface area contributed by atoms with Crippen molar-refractivity contribution in [2.45, 2.75) is 6.42 Å². The molecular formula is C8H8O. The molecule has 0 radical (unpaired) electrons. The molecule has 0 bridgehead atoms. The zero-order valence-electron chi connectivity index (χ0n) is 5.08. The van der Waals surface area contributed by atoms with Gasteiger partial charge in [-0.05, 0) is 0 Å². The molecule has 1 heteroatoms. The van der Waals surface area contributed by atoms with Crippen molar-refractivity contribution in [2.24, 2.45) is 11.8 Å². The molecule has 0 aromatic heterocycles. The van der Waals surface area contributed by atoms with Crippen LogP contribution in [-0.2, 0) is 4.79 Å². The molecule has 46 valence electrons. The van der Waals surface area contributed by atoms with E-state index in [-0.39, 0.29) is 5.92 Å². The highest BCUT2D eigenvalue weighted by atomic mass is 16.1. The van der Waals surface area contributed by atoms with Crippen molar-refractivity contribution in [1.82, 2.24) is 0 Å². The Bertz CT molecular complexity index is 201. The van der Waals surface area contributed by atoms with E-state index < -0.39 is 0 Å². The molecule has 0 N–H and O–H groups in total. The number of rotatable bonds is 0. The van der Waals surface area contributed by atoms with Gasteiger partial charge in [-0.1, -0.05) is 24.3 Å². The molecule has 9 heavy (non-hydrogen) atoms. The number of allylic oxidation sites excluding steroid dienone is 4. The normalized spacial score (nSPS) is 38.0. The summed E-state index contributed by atoms with van der Waals surface area (Å²) in [6.07, 6.45) is 8.80. The van der Waals surface area contributed by atoms with Crippen molar-refractivity contribution in [1.29, 1.82) is 0 Å². The lowest BCUT2D eigenvalue weighted by Gasteiger charge is -2.27. The van der Waals surface area contributed by atoms with Crippen LogP contribution in [0.3, 0.4) is 0 Å². The van der Waals surface area contributed by atoms with E-state index in [2.05, 4.69) is 12.2 Å². The number of carbonyl (C=O) groups is 1. The number of Topliss-reactive ketones (excluding diaryl/α,β-unsaturated/α-hetero) is 1. The average molecular weight is 120 g/mol. The van der Waals surface area contributed by atoms with E-state index in [1.165, 1.54) is 0 Å². The number of fused-ring (bicyclic) bond motifs is 1. The summed E-state index contributed by atoms with van der Waals surface area (Å²) >= 11 is 0. The van der Waals surface area contributed by atoms with Gasteiger partial charge in [0.2, 0.25) is 0 Å². The minimum Gasteiger partial charge on any atom is -0.299 e. The monoisotopic (exact) mass is 120 g/mol. The Kier molecular flexibility index (Phi) is 0.865. The van der Waals surface area contributed by atoms with Crippen LogP contribution >= 0.6 is 0 Å². The Balaban J connectivity index is 2.30. The molecule has 0 aliphatic heterocycles. The second-order valence-electron chi connectivity index (χ2n) is 2.59. The fourth-order valence-electron chi connectivity index (χ4n) is 1.33. The third kappa shape index (κ3) is 0.576. The Morgan fingerprint density at radius 3 is 2.67 bits per heavy atom. The molecule has 2 aliphatic rings. The van der Waals surface area contributed by atoms with Crippen LogP contribution in [-0.4, -0.2) is 5.78 Å². The van der Waals surface area contributed by atoms with E-state index in [1.807, 2.05) is 12.2 Å². The van der Waals surface area contributed by atoms with Crippen molar-refractivity contribution in [2.75, 3.05) is 0 Å². The van der Waals surface area contributed by atoms with Gasteiger partial charge in [-0.25, -0.2) is 0 Å². The first-order valence-corrected chi connectivity index (χ1v) is 3.25. The van der Waals surface area contributed by atoms with Gasteiger partial charge < -0.3 is 0 Å². The maximum atomic E-state index is 11.0. The fourth-order valence-corrected chi connectivity index (χ4v) is 1.33. The number of ketones is 1. The predicted octanol–water partition coefficient (Wildman–Crippen LogP) is 1.32. The molecule has 0 aromatic rings. The average Bonchev–Trinajstić information content (AvgIpc) is 1.74. The van der Waals surface area contributed by atoms with Gasteiger partial charge in [0.25, 0.3) is 0 Å². The molecule has 2 atom stereocenters. The zero-order chi connectivity index (χ0) is 6.27. The van der Waals surface area contributed by atoms with E-state index in [4.69, 9.17) is 0 Å². The first-order valence-electron chi connectivity index (χ1n) is 3.25. The quantitative estimate of drug-likeness (QED) is 0.440. The molecule has 0 fully saturated rings. The van der Waals surface area contributed by atoms with Crippen molar-refractivity contribution >= 4 is 5.78 Å². The third-order valence-electron chi connectivity index (χ3n) is 2.00. The van der Waals surface area contributed by atoms with Crippen LogP contribution in [0.2, 0.25) is 0 Å². The lowest BCUT2D eigenvalue weighted by atomic mass is 9.75. The Morgan fingerprint density at radius 1 is 1.33 bits per heavy atom. The Labute approximate surface area is 54.1 Å². The smallest absolute Gasteiger partial charge is 0.144 e. The molecule has 0 saturated heterocycles. The minimum atomic E-state index is 0.245. The fraction of sp³-hybridized carbons (Fsp3) is 0.375. The molecule has 0 aromatic carbocycles. The highest BCUT2D eigenvalue weighted by molar-refractivity contribution is 5.87. The van der Waals surface area contributed by atoms with Gasteiger partial charge in [0.05, 0.1) is 0 Å². The summed E-state index contributed by atoms with van der Waals surface area (Å²) in [4.78, 5) is 11.0. The van der Waals surface area contributed by atoms with Crippen LogP contribution in [0, 0.1) is 11.8 Å². The molecule has 0 amide bonds. The van der Waals surface area contributed by atoms with E-state index in [1.54, 1.807) is 0 Å². The summed E-state index contributed by atoms with van der Waals surface area (Å²) < 4.78 is 0. The molecular weight excluding hydrogens is 112 g/mol. The van der Waals surface area contributed by atoms with Gasteiger partial charge in [0, 0.05) is 18.3 Å². The second kappa shape index (κ2) is 1.56. The molecule has 2 unspecified atom stereocenters. The maximum Gasteiger partial charge on any atom is 0.144 e. The first kappa shape index (κ1) is 4.98. The van der Waals surface area contributed by atoms with Gasteiger partial charge in [-0.15, -0.1) is 0 Å². The van der Waals surface area contributed by atoms with Gasteiger partial charge in [-0.3, -0.25) is 4.79 Å². The van der Waals surface area contributed by atoms with Gasteiger partial charge in [0.1, 0.15) is 5.78 Å². The molecule has 0 heterocycles. The lowest BCUT2D eigenvalue weighted by molar-refractivity contribution is -0.122. The molecule has 2 aliphatic carbocycles. The molecule has 2 rings (SSSR count). The van der Waals surface area contributed by atoms with E-state index in [0.29, 0.717) is 18.1 Å². The number of carbonyl (C=O) groups excluding carboxylic acids is 1. The van der Waals surface area contributed by atoms with Crippen LogP contribution in [0.1, 0.15) is 6.42 Å². The van der Waals surface area contributed by atoms with Gasteiger partial charge >= 0.3 is 0 Å². The van der Waals surface area contributed by atoms with Crippen LogP contribution in [0.4, 0.5) is 0 Å². The van der Waals surface area contributed by atoms with Crippen LogP contribution in [0.15, 0.2) is 24.3 Å². The maximum absolute atomic E-state index is 11.0. The molecule has 0 spiro atoms. The predicted molar refractivity (Wildman–Crippen MR) is 34.9 cm³/mol. The van der Waals surface area contributed by atoms with Crippen molar-refractivity contribution < 1.29 is 4.79 Å². The Hall–Kier alpha value is -0.850. The molecule has 1 nitrogen and oxygen atoms in total. The van der Waals surface area contributed by atoms with Crippen LogP contribution in [0.25, 0.3) is 0 Å². The van der Waals surface area contributed by atoms with E-state index >= 15 is 0 Å². The summed E-state index contributed by atoms with van der Waals surface area (Å²) in [5.74, 6) is 1.08. The van der Waals surface area contributed by atoms with Crippen LogP contribution in [0.5, 0.6) is 0 Å². The second-order valence-corrected chi connectivity index (χ2v) is 2.59. The van der Waals surface area contributed by atoms with Crippen molar-refractivity contribution in [3.63, 3.8) is 0 Å². The Morgan fingerprint density at radius 2 is 2.22 bits per heavy atom. The SMILES string of the molecule is O=C1CC=CC2C=CC12. The third-order valence-corrected chi connectivity index (χ3v) is 2.00. The van der Waals surface area contributed by atoms with E-state index in [0.717, 1.165) is 0 Å². The standard InChI is InChI=1S/C8H8O/c9-8-3-1-2-6-4-5-7(6)8/h1-2,4-7H,3H2. The number of hydrogen-bond donors (Lipinski definition) is 0. The first-order chi connectivity index (χ1) is 4.38. The van der Waals surface area contributed by atoms with Crippen molar-refractivity contribution in [3.8, 4) is 0 Å².